The first-order valence-electron chi connectivity index (χ1n) is 11.8. The van der Waals surface area contributed by atoms with Crippen LogP contribution in [0.4, 0.5) is 9.18 Å². The third kappa shape index (κ3) is 9.25. The molecule has 1 atom stereocenters. The van der Waals surface area contributed by atoms with Crippen molar-refractivity contribution in [1.82, 2.24) is 30.5 Å². The maximum atomic E-state index is 13.9. The van der Waals surface area contributed by atoms with Crippen LogP contribution in [0.5, 0.6) is 11.6 Å². The van der Waals surface area contributed by atoms with Gasteiger partial charge in [0, 0.05) is 11.8 Å². The summed E-state index contributed by atoms with van der Waals surface area (Å²) in [5.74, 6) is -0.762. The number of hydrogen-bond acceptors (Lipinski definition) is 9. The molecule has 38 heavy (non-hydrogen) atoms. The Morgan fingerprint density at radius 3 is 2.34 bits per heavy atom. The number of carbonyl (C=O) groups excluding carboxylic acids is 2. The molecule has 13 heteroatoms. The topological polar surface area (TPSA) is 130 Å². The fourth-order valence-corrected chi connectivity index (χ4v) is 3.26. The zero-order chi connectivity index (χ0) is 28.1. The van der Waals surface area contributed by atoms with Gasteiger partial charge in [0.05, 0.1) is 24.0 Å². The Morgan fingerprint density at radius 2 is 1.74 bits per heavy atom. The lowest BCUT2D eigenvalue weighted by molar-refractivity contribution is -0.155. The molecule has 0 bridgehead atoms. The van der Waals surface area contributed by atoms with Crippen molar-refractivity contribution in [2.24, 2.45) is 0 Å². The van der Waals surface area contributed by atoms with E-state index in [2.05, 4.69) is 25.7 Å². The normalized spacial score (nSPS) is 12.5. The van der Waals surface area contributed by atoms with Gasteiger partial charge in [-0.25, -0.2) is 14.2 Å². The minimum absolute atomic E-state index is 0.0359. The number of aromatic nitrogens is 5. The first-order chi connectivity index (χ1) is 17.7. The molecular formula is C25H30ClFN6O5. The molecule has 0 fully saturated rings. The van der Waals surface area contributed by atoms with Crippen molar-refractivity contribution in [2.75, 3.05) is 0 Å². The summed E-state index contributed by atoms with van der Waals surface area (Å²) in [7, 11) is 0. The number of pyridine rings is 1. The average Bonchev–Trinajstić information content (AvgIpc) is 3.21. The highest BCUT2D eigenvalue weighted by molar-refractivity contribution is 6.30. The molecule has 0 aliphatic heterocycles. The Morgan fingerprint density at radius 1 is 1.08 bits per heavy atom. The number of amides is 1. The van der Waals surface area contributed by atoms with E-state index in [1.807, 2.05) is 0 Å². The van der Waals surface area contributed by atoms with Crippen molar-refractivity contribution in [3.63, 3.8) is 0 Å². The van der Waals surface area contributed by atoms with Crippen LogP contribution in [0.15, 0.2) is 36.5 Å². The van der Waals surface area contributed by atoms with E-state index in [1.165, 1.54) is 11.0 Å². The SMILES string of the molecule is CC(C)(C)OC(=O)C[C@@H](Cn1nnc(-c2ccc(Oc3ncc(Cl)cc3F)cc2)n1)NC(=O)OC(C)(C)C. The van der Waals surface area contributed by atoms with Crippen molar-refractivity contribution < 1.29 is 28.2 Å². The smallest absolute Gasteiger partial charge is 0.407 e. The van der Waals surface area contributed by atoms with Crippen molar-refractivity contribution >= 4 is 23.7 Å². The molecule has 0 radical (unpaired) electrons. The molecule has 0 spiro atoms. The summed E-state index contributed by atoms with van der Waals surface area (Å²) >= 11 is 5.71. The Hall–Kier alpha value is -3.80. The second kappa shape index (κ2) is 11.7. The lowest BCUT2D eigenvalue weighted by Crippen LogP contribution is -2.43. The van der Waals surface area contributed by atoms with E-state index >= 15 is 0 Å². The maximum Gasteiger partial charge on any atom is 0.407 e. The average molecular weight is 549 g/mol. The summed E-state index contributed by atoms with van der Waals surface area (Å²) < 4.78 is 30.1. The highest BCUT2D eigenvalue weighted by Crippen LogP contribution is 2.26. The van der Waals surface area contributed by atoms with Gasteiger partial charge in [-0.15, -0.1) is 10.2 Å². The molecule has 1 N–H and O–H groups in total. The van der Waals surface area contributed by atoms with Gasteiger partial charge in [0.1, 0.15) is 17.0 Å². The van der Waals surface area contributed by atoms with Crippen molar-refractivity contribution in [1.29, 1.82) is 0 Å². The maximum absolute atomic E-state index is 13.9. The molecule has 0 aliphatic rings. The van der Waals surface area contributed by atoms with Crippen LogP contribution in [0.3, 0.4) is 0 Å². The van der Waals surface area contributed by atoms with E-state index < -0.39 is 35.1 Å². The first kappa shape index (κ1) is 28.8. The van der Waals surface area contributed by atoms with Gasteiger partial charge >= 0.3 is 12.1 Å². The Kier molecular flexibility index (Phi) is 8.87. The molecule has 2 aromatic heterocycles. The molecule has 0 aliphatic carbocycles. The summed E-state index contributed by atoms with van der Waals surface area (Å²) in [6.45, 7) is 10.5. The monoisotopic (exact) mass is 548 g/mol. The van der Waals surface area contributed by atoms with E-state index in [9.17, 15) is 14.0 Å². The number of alkyl carbamates (subject to hydrolysis) is 1. The van der Waals surface area contributed by atoms with E-state index in [-0.39, 0.29) is 23.9 Å². The van der Waals surface area contributed by atoms with E-state index in [0.29, 0.717) is 17.1 Å². The molecule has 3 rings (SSSR count). The largest absolute Gasteiger partial charge is 0.460 e. The second-order valence-corrected chi connectivity index (χ2v) is 10.8. The molecule has 2 heterocycles. The van der Waals surface area contributed by atoms with Gasteiger partial charge in [-0.3, -0.25) is 4.79 Å². The highest BCUT2D eigenvalue weighted by Gasteiger charge is 2.25. The van der Waals surface area contributed by atoms with E-state index in [1.54, 1.807) is 65.8 Å². The quantitative estimate of drug-likeness (QED) is 0.388. The number of carbonyl (C=O) groups is 2. The van der Waals surface area contributed by atoms with Crippen molar-refractivity contribution in [2.45, 2.75) is 71.8 Å². The van der Waals surface area contributed by atoms with Crippen LogP contribution in [-0.2, 0) is 20.8 Å². The van der Waals surface area contributed by atoms with Crippen molar-refractivity contribution in [3.8, 4) is 23.0 Å². The number of esters is 1. The zero-order valence-electron chi connectivity index (χ0n) is 22.0. The summed E-state index contributed by atoms with van der Waals surface area (Å²) in [5, 5.41) is 15.3. The van der Waals surface area contributed by atoms with Crippen LogP contribution in [0.25, 0.3) is 11.4 Å². The van der Waals surface area contributed by atoms with Gasteiger partial charge in [-0.1, -0.05) is 11.6 Å². The van der Waals surface area contributed by atoms with Crippen LogP contribution in [-0.4, -0.2) is 54.5 Å². The third-order valence-electron chi connectivity index (χ3n) is 4.49. The molecular weight excluding hydrogens is 519 g/mol. The molecule has 204 valence electrons. The fraction of sp³-hybridized carbons (Fsp3) is 0.440. The Bertz CT molecular complexity index is 1240. The number of halogens is 2. The molecule has 1 amide bonds. The van der Waals surface area contributed by atoms with Gasteiger partial charge in [-0.2, -0.15) is 4.80 Å². The number of nitrogens with one attached hydrogen (secondary N) is 1. The minimum atomic E-state index is -0.723. The molecule has 11 nitrogen and oxygen atoms in total. The zero-order valence-corrected chi connectivity index (χ0v) is 22.7. The summed E-state index contributed by atoms with van der Waals surface area (Å²) in [4.78, 5) is 29.9. The number of rotatable bonds is 8. The summed E-state index contributed by atoms with van der Waals surface area (Å²) in [6.07, 6.45) is 0.465. The predicted molar refractivity (Wildman–Crippen MR) is 136 cm³/mol. The van der Waals surface area contributed by atoms with Crippen molar-refractivity contribution in [3.05, 3.63) is 47.4 Å². The van der Waals surface area contributed by atoms with E-state index in [0.717, 1.165) is 6.07 Å². The molecule has 1 aromatic carbocycles. The Balaban J connectivity index is 1.70. The molecule has 0 unspecified atom stereocenters. The van der Waals surface area contributed by atoms with Gasteiger partial charge in [0.15, 0.2) is 5.82 Å². The number of benzene rings is 1. The number of hydrogen-bond donors (Lipinski definition) is 1. The minimum Gasteiger partial charge on any atom is -0.460 e. The number of nitrogens with zero attached hydrogens (tertiary/aromatic N) is 5. The second-order valence-electron chi connectivity index (χ2n) is 10.4. The van der Waals surface area contributed by atoms with Gasteiger partial charge in [-0.05, 0) is 77.1 Å². The third-order valence-corrected chi connectivity index (χ3v) is 4.70. The van der Waals surface area contributed by atoms with Crippen LogP contribution in [0.1, 0.15) is 48.0 Å². The Labute approximate surface area is 224 Å². The number of tetrazole rings is 1. The lowest BCUT2D eigenvalue weighted by Gasteiger charge is -2.24. The summed E-state index contributed by atoms with van der Waals surface area (Å²) in [5.41, 5.74) is -0.793. The molecule has 0 saturated carbocycles. The van der Waals surface area contributed by atoms with Crippen LogP contribution >= 0.6 is 11.6 Å². The van der Waals surface area contributed by atoms with Gasteiger partial charge in [0.2, 0.25) is 5.82 Å². The lowest BCUT2D eigenvalue weighted by atomic mass is 10.1. The fourth-order valence-electron chi connectivity index (χ4n) is 3.11. The standard InChI is InChI=1S/C25H30ClFN6O5/c1-24(2,3)37-20(34)12-17(29-23(35)38-25(4,5)6)14-33-31-21(30-32-33)15-7-9-18(10-8-15)36-22-19(27)11-16(26)13-28-22/h7-11,13,17H,12,14H2,1-6H3,(H,29,35)/t17-/m0/s1. The van der Waals surface area contributed by atoms with Crippen LogP contribution in [0.2, 0.25) is 5.02 Å². The van der Waals surface area contributed by atoms with Gasteiger partial charge < -0.3 is 19.5 Å². The molecule has 0 saturated heterocycles. The predicted octanol–water partition coefficient (Wildman–Crippen LogP) is 4.95. The van der Waals surface area contributed by atoms with Crippen LogP contribution in [0, 0.1) is 5.82 Å². The first-order valence-corrected chi connectivity index (χ1v) is 12.1. The highest BCUT2D eigenvalue weighted by atomic mass is 35.5. The number of ether oxygens (including phenoxy) is 3. The van der Waals surface area contributed by atoms with Gasteiger partial charge in [0.25, 0.3) is 5.88 Å². The van der Waals surface area contributed by atoms with Crippen LogP contribution < -0.4 is 10.1 Å². The summed E-state index contributed by atoms with van der Waals surface area (Å²) in [6, 6.07) is 6.92. The van der Waals surface area contributed by atoms with E-state index in [4.69, 9.17) is 25.8 Å². The molecule has 3 aromatic rings.